The number of hydrogen-bond donors (Lipinski definition) is 4. The maximum absolute atomic E-state index is 10.5. The van der Waals surface area contributed by atoms with Crippen LogP contribution in [0, 0.1) is 0 Å². The summed E-state index contributed by atoms with van der Waals surface area (Å²) in [6, 6.07) is -0.840. The summed E-state index contributed by atoms with van der Waals surface area (Å²) in [5.74, 6) is -1.29. The number of primary amides is 1. The zero-order chi connectivity index (χ0) is 11.1. The summed E-state index contributed by atoms with van der Waals surface area (Å²) in [5.41, 5.74) is 9.76. The highest BCUT2D eigenvalue weighted by molar-refractivity contribution is 5.87. The van der Waals surface area contributed by atoms with Crippen molar-refractivity contribution in [2.75, 3.05) is 0 Å². The molecule has 14 heavy (non-hydrogen) atoms. The monoisotopic (exact) mass is 199 g/mol. The molecule has 0 fully saturated rings. The van der Waals surface area contributed by atoms with Gasteiger partial charge in [0.1, 0.15) is 5.70 Å². The zero-order valence-corrected chi connectivity index (χ0v) is 7.62. The van der Waals surface area contributed by atoms with Gasteiger partial charge in [-0.1, -0.05) is 6.08 Å². The van der Waals surface area contributed by atoms with E-state index in [1.54, 1.807) is 6.08 Å². The van der Waals surface area contributed by atoms with Gasteiger partial charge in [-0.15, -0.1) is 6.58 Å². The fourth-order valence-electron chi connectivity index (χ4n) is 0.789. The molecular weight excluding hydrogens is 186 g/mol. The smallest absolute Gasteiger partial charge is 0.353 e. The number of amides is 2. The van der Waals surface area contributed by atoms with Crippen molar-refractivity contribution in [2.45, 2.75) is 12.8 Å². The SMILES string of the molecule is C=CCC/C(NC(N)=O)=C(\N)C(=O)O. The number of carbonyl (C=O) groups is 2. The molecule has 2 amide bonds. The molecule has 78 valence electrons. The van der Waals surface area contributed by atoms with Crippen molar-refractivity contribution in [1.82, 2.24) is 5.32 Å². The van der Waals surface area contributed by atoms with Gasteiger partial charge in [0.25, 0.3) is 0 Å². The Bertz CT molecular complexity index is 284. The highest BCUT2D eigenvalue weighted by Crippen LogP contribution is 2.05. The van der Waals surface area contributed by atoms with Crippen molar-refractivity contribution in [3.63, 3.8) is 0 Å². The molecule has 0 atom stereocenters. The van der Waals surface area contributed by atoms with Crippen LogP contribution in [-0.2, 0) is 4.79 Å². The highest BCUT2D eigenvalue weighted by Gasteiger charge is 2.11. The number of nitrogens with one attached hydrogen (secondary N) is 1. The lowest BCUT2D eigenvalue weighted by Gasteiger charge is -2.08. The van der Waals surface area contributed by atoms with E-state index in [1.807, 2.05) is 0 Å². The first-order chi connectivity index (χ1) is 6.49. The van der Waals surface area contributed by atoms with Gasteiger partial charge in [-0.05, 0) is 12.8 Å². The fraction of sp³-hybridized carbons (Fsp3) is 0.250. The number of carbonyl (C=O) groups excluding carboxylic acids is 1. The predicted octanol–water partition coefficient (Wildman–Crippen LogP) is -0.124. The summed E-state index contributed by atoms with van der Waals surface area (Å²) in [6.07, 6.45) is 2.37. The second-order valence-corrected chi connectivity index (χ2v) is 2.51. The van der Waals surface area contributed by atoms with E-state index >= 15 is 0 Å². The van der Waals surface area contributed by atoms with Crippen LogP contribution in [0.4, 0.5) is 4.79 Å². The van der Waals surface area contributed by atoms with E-state index in [0.717, 1.165) is 0 Å². The molecule has 0 spiro atoms. The van der Waals surface area contributed by atoms with Gasteiger partial charge in [-0.3, -0.25) is 0 Å². The van der Waals surface area contributed by atoms with E-state index in [1.165, 1.54) is 0 Å². The molecule has 0 aromatic carbocycles. The number of urea groups is 1. The van der Waals surface area contributed by atoms with Crippen LogP contribution in [0.3, 0.4) is 0 Å². The lowest BCUT2D eigenvalue weighted by molar-refractivity contribution is -0.132. The zero-order valence-electron chi connectivity index (χ0n) is 7.62. The van der Waals surface area contributed by atoms with Gasteiger partial charge in [-0.2, -0.15) is 0 Å². The number of hydrogen-bond acceptors (Lipinski definition) is 3. The molecule has 0 saturated carbocycles. The van der Waals surface area contributed by atoms with Crippen LogP contribution >= 0.6 is 0 Å². The molecule has 6 nitrogen and oxygen atoms in total. The summed E-state index contributed by atoms with van der Waals surface area (Å²) in [7, 11) is 0. The molecule has 0 radical (unpaired) electrons. The quantitative estimate of drug-likeness (QED) is 0.364. The van der Waals surface area contributed by atoms with E-state index in [0.29, 0.717) is 6.42 Å². The number of carboxylic acid groups (broad SMARTS) is 1. The molecule has 0 aliphatic rings. The van der Waals surface area contributed by atoms with Gasteiger partial charge in [0.15, 0.2) is 0 Å². The molecule has 0 bridgehead atoms. The molecular formula is C8H13N3O3. The van der Waals surface area contributed by atoms with Gasteiger partial charge in [0.2, 0.25) is 0 Å². The average Bonchev–Trinajstić information content (AvgIpc) is 2.10. The first kappa shape index (κ1) is 12.0. The Labute approximate surface area is 81.3 Å². The Morgan fingerprint density at radius 1 is 1.43 bits per heavy atom. The van der Waals surface area contributed by atoms with Crippen molar-refractivity contribution in [2.24, 2.45) is 11.5 Å². The predicted molar refractivity (Wildman–Crippen MR) is 51.0 cm³/mol. The molecule has 0 aliphatic heterocycles. The van der Waals surface area contributed by atoms with Crippen LogP contribution in [0.25, 0.3) is 0 Å². The number of nitrogens with two attached hydrogens (primary N) is 2. The molecule has 0 aliphatic carbocycles. The fourth-order valence-corrected chi connectivity index (χ4v) is 0.789. The minimum absolute atomic E-state index is 0.102. The normalized spacial score (nSPS) is 11.4. The minimum atomic E-state index is -1.29. The van der Waals surface area contributed by atoms with Crippen molar-refractivity contribution >= 4 is 12.0 Å². The van der Waals surface area contributed by atoms with Crippen LogP contribution in [0.1, 0.15) is 12.8 Å². The Kier molecular flexibility index (Phi) is 4.83. The van der Waals surface area contributed by atoms with Crippen LogP contribution < -0.4 is 16.8 Å². The molecule has 0 aromatic rings. The van der Waals surface area contributed by atoms with Gasteiger partial charge in [0.05, 0.1) is 5.70 Å². The first-order valence-electron chi connectivity index (χ1n) is 3.88. The maximum atomic E-state index is 10.5. The van der Waals surface area contributed by atoms with Gasteiger partial charge in [0, 0.05) is 0 Å². The minimum Gasteiger partial charge on any atom is -0.477 e. The third-order valence-corrected chi connectivity index (χ3v) is 1.43. The van der Waals surface area contributed by atoms with E-state index in [-0.39, 0.29) is 12.1 Å². The Morgan fingerprint density at radius 2 is 2.00 bits per heavy atom. The molecule has 0 rings (SSSR count). The number of allylic oxidation sites excluding steroid dienone is 2. The highest BCUT2D eigenvalue weighted by atomic mass is 16.4. The number of rotatable bonds is 5. The Balaban J connectivity index is 4.68. The van der Waals surface area contributed by atoms with E-state index in [9.17, 15) is 9.59 Å². The van der Waals surface area contributed by atoms with E-state index in [2.05, 4.69) is 11.9 Å². The van der Waals surface area contributed by atoms with Crippen molar-refractivity contribution in [1.29, 1.82) is 0 Å². The number of carboxylic acids is 1. The van der Waals surface area contributed by atoms with Crippen LogP contribution in [0.5, 0.6) is 0 Å². The third-order valence-electron chi connectivity index (χ3n) is 1.43. The van der Waals surface area contributed by atoms with Crippen LogP contribution in [0.2, 0.25) is 0 Å². The van der Waals surface area contributed by atoms with Crippen molar-refractivity contribution in [3.05, 3.63) is 24.0 Å². The van der Waals surface area contributed by atoms with Crippen molar-refractivity contribution < 1.29 is 14.7 Å². The summed E-state index contributed by atoms with van der Waals surface area (Å²) in [5, 5.41) is 10.7. The molecule has 0 unspecified atom stereocenters. The lowest BCUT2D eigenvalue weighted by Crippen LogP contribution is -2.32. The Hall–Kier alpha value is -1.98. The summed E-state index contributed by atoms with van der Waals surface area (Å²) >= 11 is 0. The molecule has 0 aromatic heterocycles. The maximum Gasteiger partial charge on any atom is 0.353 e. The van der Waals surface area contributed by atoms with Gasteiger partial charge < -0.3 is 21.9 Å². The second kappa shape index (κ2) is 5.63. The molecule has 0 saturated heterocycles. The molecule has 6 N–H and O–H groups in total. The molecule has 0 heterocycles. The standard InChI is InChI=1S/C8H13N3O3/c1-2-3-4-5(11-8(10)14)6(9)7(12)13/h2H,1,3-4,9H2,(H,12,13)(H3,10,11,14)/b6-5+. The van der Waals surface area contributed by atoms with Gasteiger partial charge >= 0.3 is 12.0 Å². The summed E-state index contributed by atoms with van der Waals surface area (Å²) in [4.78, 5) is 21.0. The van der Waals surface area contributed by atoms with Gasteiger partial charge in [-0.25, -0.2) is 9.59 Å². The first-order valence-corrected chi connectivity index (χ1v) is 3.88. The van der Waals surface area contributed by atoms with E-state index < -0.39 is 17.7 Å². The third kappa shape index (κ3) is 4.15. The van der Waals surface area contributed by atoms with Crippen LogP contribution in [-0.4, -0.2) is 17.1 Å². The average molecular weight is 199 g/mol. The molecule has 6 heteroatoms. The summed E-state index contributed by atoms with van der Waals surface area (Å²) < 4.78 is 0. The second-order valence-electron chi connectivity index (χ2n) is 2.51. The topological polar surface area (TPSA) is 118 Å². The van der Waals surface area contributed by atoms with Crippen LogP contribution in [0.15, 0.2) is 24.0 Å². The Morgan fingerprint density at radius 3 is 2.36 bits per heavy atom. The van der Waals surface area contributed by atoms with E-state index in [4.69, 9.17) is 16.6 Å². The lowest BCUT2D eigenvalue weighted by atomic mass is 10.2. The van der Waals surface area contributed by atoms with Crippen molar-refractivity contribution in [3.8, 4) is 0 Å². The number of aliphatic carboxylic acids is 1. The largest absolute Gasteiger partial charge is 0.477 e. The summed E-state index contributed by atoms with van der Waals surface area (Å²) in [6.45, 7) is 3.46.